The quantitative estimate of drug-likeness (QED) is 0.715. The van der Waals surface area contributed by atoms with Crippen LogP contribution < -0.4 is 10.6 Å². The summed E-state index contributed by atoms with van der Waals surface area (Å²) >= 11 is 0. The van der Waals surface area contributed by atoms with Gasteiger partial charge in [-0.1, -0.05) is 38.1 Å². The molecule has 31 heavy (non-hydrogen) atoms. The third kappa shape index (κ3) is 6.64. The molecule has 0 aromatic heterocycles. The van der Waals surface area contributed by atoms with E-state index in [0.29, 0.717) is 19.0 Å². The molecule has 6 nitrogen and oxygen atoms in total. The van der Waals surface area contributed by atoms with E-state index in [-0.39, 0.29) is 11.8 Å². The van der Waals surface area contributed by atoms with Crippen molar-refractivity contribution in [3.63, 3.8) is 0 Å². The number of anilines is 2. The molecule has 1 aliphatic rings. The summed E-state index contributed by atoms with van der Waals surface area (Å²) in [6.45, 7) is 12.2. The Labute approximate surface area is 185 Å². The molecule has 1 saturated heterocycles. The number of carbonyl (C=O) groups excluding carboxylic acids is 2. The van der Waals surface area contributed by atoms with Crippen LogP contribution in [0.2, 0.25) is 0 Å². The van der Waals surface area contributed by atoms with Crippen LogP contribution in [0, 0.1) is 13.8 Å². The largest absolute Gasteiger partial charge is 0.325 e. The van der Waals surface area contributed by atoms with Crippen molar-refractivity contribution in [2.45, 2.75) is 33.6 Å². The number of nitrogens with zero attached hydrogens (tertiary/aromatic N) is 2. The first-order valence-corrected chi connectivity index (χ1v) is 11.0. The van der Waals surface area contributed by atoms with Gasteiger partial charge in [0.05, 0.1) is 13.1 Å². The van der Waals surface area contributed by atoms with Gasteiger partial charge in [0.15, 0.2) is 0 Å². The van der Waals surface area contributed by atoms with Gasteiger partial charge in [0.1, 0.15) is 0 Å². The number of nitrogens with one attached hydrogen (secondary N) is 2. The maximum absolute atomic E-state index is 12.4. The summed E-state index contributed by atoms with van der Waals surface area (Å²) in [5, 5.41) is 6.00. The predicted octanol–water partition coefficient (Wildman–Crippen LogP) is 3.62. The third-order valence-corrected chi connectivity index (χ3v) is 5.94. The Morgan fingerprint density at radius 3 is 1.94 bits per heavy atom. The van der Waals surface area contributed by atoms with Crippen molar-refractivity contribution >= 4 is 23.2 Å². The van der Waals surface area contributed by atoms with E-state index < -0.39 is 0 Å². The summed E-state index contributed by atoms with van der Waals surface area (Å²) in [6.07, 6.45) is 0. The SMILES string of the molecule is Cc1cccc(NC(=O)CN2CCN(CC(=O)Nc3ccc(C(C)C)cc3)CC2)c1C. The Kier molecular flexibility index (Phi) is 7.82. The molecule has 0 saturated carbocycles. The molecule has 1 aliphatic heterocycles. The molecule has 6 heteroatoms. The van der Waals surface area contributed by atoms with Gasteiger partial charge in [0.2, 0.25) is 11.8 Å². The van der Waals surface area contributed by atoms with Crippen molar-refractivity contribution in [1.29, 1.82) is 0 Å². The maximum atomic E-state index is 12.4. The van der Waals surface area contributed by atoms with E-state index in [1.54, 1.807) is 0 Å². The molecule has 2 aromatic rings. The molecule has 2 amide bonds. The summed E-state index contributed by atoms with van der Waals surface area (Å²) < 4.78 is 0. The van der Waals surface area contributed by atoms with Crippen LogP contribution >= 0.6 is 0 Å². The number of hydrogen-bond acceptors (Lipinski definition) is 4. The Morgan fingerprint density at radius 2 is 1.39 bits per heavy atom. The summed E-state index contributed by atoms with van der Waals surface area (Å²) in [5.41, 5.74) is 5.24. The fraction of sp³-hybridized carbons (Fsp3) is 0.440. The van der Waals surface area contributed by atoms with E-state index in [2.05, 4.69) is 46.4 Å². The average Bonchev–Trinajstić information content (AvgIpc) is 2.73. The highest BCUT2D eigenvalue weighted by Gasteiger charge is 2.21. The van der Waals surface area contributed by atoms with E-state index in [4.69, 9.17) is 0 Å². The number of benzene rings is 2. The molecular formula is C25H34N4O2. The summed E-state index contributed by atoms with van der Waals surface area (Å²) in [7, 11) is 0. The minimum atomic E-state index is -0.00147. The van der Waals surface area contributed by atoms with Gasteiger partial charge in [0, 0.05) is 37.6 Å². The van der Waals surface area contributed by atoms with Crippen LogP contribution in [0.15, 0.2) is 42.5 Å². The Bertz CT molecular complexity index is 900. The van der Waals surface area contributed by atoms with E-state index in [0.717, 1.165) is 43.1 Å². The molecule has 0 radical (unpaired) electrons. The third-order valence-electron chi connectivity index (χ3n) is 5.94. The molecule has 3 rings (SSSR count). The smallest absolute Gasteiger partial charge is 0.238 e. The minimum Gasteiger partial charge on any atom is -0.325 e. The van der Waals surface area contributed by atoms with Crippen molar-refractivity contribution in [2.75, 3.05) is 49.9 Å². The predicted molar refractivity (Wildman–Crippen MR) is 127 cm³/mol. The lowest BCUT2D eigenvalue weighted by Gasteiger charge is -2.33. The second kappa shape index (κ2) is 10.6. The highest BCUT2D eigenvalue weighted by Crippen LogP contribution is 2.18. The van der Waals surface area contributed by atoms with E-state index >= 15 is 0 Å². The number of piperazine rings is 1. The number of aryl methyl sites for hydroxylation is 1. The van der Waals surface area contributed by atoms with Crippen LogP contribution in [0.25, 0.3) is 0 Å². The maximum Gasteiger partial charge on any atom is 0.238 e. The fourth-order valence-corrected chi connectivity index (χ4v) is 3.74. The lowest BCUT2D eigenvalue weighted by molar-refractivity contribution is -0.120. The van der Waals surface area contributed by atoms with Crippen LogP contribution in [0.4, 0.5) is 11.4 Å². The van der Waals surface area contributed by atoms with Gasteiger partial charge in [-0.05, 0) is 54.7 Å². The first-order valence-electron chi connectivity index (χ1n) is 11.0. The monoisotopic (exact) mass is 422 g/mol. The molecule has 0 unspecified atom stereocenters. The van der Waals surface area contributed by atoms with Crippen molar-refractivity contribution in [1.82, 2.24) is 9.80 Å². The molecule has 1 fully saturated rings. The summed E-state index contributed by atoms with van der Waals surface area (Å²) in [4.78, 5) is 29.1. The lowest BCUT2D eigenvalue weighted by atomic mass is 10.0. The van der Waals surface area contributed by atoms with E-state index in [9.17, 15) is 9.59 Å². The van der Waals surface area contributed by atoms with Crippen molar-refractivity contribution < 1.29 is 9.59 Å². The van der Waals surface area contributed by atoms with E-state index in [1.165, 1.54) is 11.1 Å². The molecule has 0 atom stereocenters. The van der Waals surface area contributed by atoms with Gasteiger partial charge in [-0.15, -0.1) is 0 Å². The first kappa shape index (κ1) is 23.0. The molecule has 0 spiro atoms. The zero-order valence-corrected chi connectivity index (χ0v) is 19.1. The zero-order chi connectivity index (χ0) is 22.4. The van der Waals surface area contributed by atoms with Crippen LogP contribution in [-0.4, -0.2) is 60.9 Å². The van der Waals surface area contributed by atoms with Crippen LogP contribution in [0.3, 0.4) is 0 Å². The topological polar surface area (TPSA) is 64.7 Å². The fourth-order valence-electron chi connectivity index (χ4n) is 3.74. The molecule has 2 aromatic carbocycles. The molecule has 0 aliphatic carbocycles. The number of amides is 2. The van der Waals surface area contributed by atoms with Crippen LogP contribution in [-0.2, 0) is 9.59 Å². The number of hydrogen-bond donors (Lipinski definition) is 2. The van der Waals surface area contributed by atoms with Gasteiger partial charge in [-0.3, -0.25) is 19.4 Å². The highest BCUT2D eigenvalue weighted by atomic mass is 16.2. The Hall–Kier alpha value is -2.70. The zero-order valence-electron chi connectivity index (χ0n) is 19.1. The molecular weight excluding hydrogens is 388 g/mol. The van der Waals surface area contributed by atoms with Gasteiger partial charge < -0.3 is 10.6 Å². The van der Waals surface area contributed by atoms with Crippen LogP contribution in [0.1, 0.15) is 36.5 Å². The Morgan fingerprint density at radius 1 is 0.839 bits per heavy atom. The van der Waals surface area contributed by atoms with Gasteiger partial charge in [-0.25, -0.2) is 0 Å². The summed E-state index contributed by atoms with van der Waals surface area (Å²) in [5.74, 6) is 0.479. The van der Waals surface area contributed by atoms with Crippen molar-refractivity contribution in [3.8, 4) is 0 Å². The summed E-state index contributed by atoms with van der Waals surface area (Å²) in [6, 6.07) is 14.0. The van der Waals surface area contributed by atoms with Gasteiger partial charge >= 0.3 is 0 Å². The Balaban J connectivity index is 1.40. The lowest BCUT2D eigenvalue weighted by Crippen LogP contribution is -2.50. The normalized spacial score (nSPS) is 15.1. The number of carbonyl (C=O) groups is 2. The standard InChI is InChI=1S/C25H34N4O2/c1-18(2)21-8-10-22(11-9-21)26-24(30)16-28-12-14-29(15-13-28)17-25(31)27-23-7-5-6-19(3)20(23)4/h5-11,18H,12-17H2,1-4H3,(H,26,30)(H,27,31). The minimum absolute atomic E-state index is 0.00147. The van der Waals surface area contributed by atoms with Gasteiger partial charge in [0.25, 0.3) is 0 Å². The highest BCUT2D eigenvalue weighted by molar-refractivity contribution is 5.93. The molecule has 2 N–H and O–H groups in total. The average molecular weight is 423 g/mol. The second-order valence-electron chi connectivity index (χ2n) is 8.67. The molecule has 0 bridgehead atoms. The second-order valence-corrected chi connectivity index (χ2v) is 8.67. The van der Waals surface area contributed by atoms with E-state index in [1.807, 2.05) is 44.2 Å². The van der Waals surface area contributed by atoms with Crippen LogP contribution in [0.5, 0.6) is 0 Å². The van der Waals surface area contributed by atoms with Crippen molar-refractivity contribution in [2.24, 2.45) is 0 Å². The molecule has 1 heterocycles. The molecule has 166 valence electrons. The van der Waals surface area contributed by atoms with Crippen molar-refractivity contribution in [3.05, 3.63) is 59.2 Å². The first-order chi connectivity index (χ1) is 14.8. The number of rotatable bonds is 7. The van der Waals surface area contributed by atoms with Gasteiger partial charge in [-0.2, -0.15) is 0 Å².